The predicted molar refractivity (Wildman–Crippen MR) is 112 cm³/mol. The van der Waals surface area contributed by atoms with Crippen LogP contribution in [0.25, 0.3) is 11.4 Å². The number of hydrogen-bond acceptors (Lipinski definition) is 6. The van der Waals surface area contributed by atoms with Gasteiger partial charge in [0.05, 0.1) is 7.11 Å². The van der Waals surface area contributed by atoms with Gasteiger partial charge in [0.2, 0.25) is 0 Å². The average Bonchev–Trinajstić information content (AvgIpc) is 2.68. The number of piperazine rings is 1. The molecule has 1 aliphatic heterocycles. The molecule has 0 bridgehead atoms. The van der Waals surface area contributed by atoms with Crippen LogP contribution in [-0.2, 0) is 0 Å². The van der Waals surface area contributed by atoms with Gasteiger partial charge in [-0.05, 0) is 36.6 Å². The lowest BCUT2D eigenvalue weighted by Gasteiger charge is -2.35. The number of anilines is 1. The number of methoxy groups -OCH3 is 1. The molecule has 1 fully saturated rings. The van der Waals surface area contributed by atoms with Gasteiger partial charge < -0.3 is 14.5 Å². The highest BCUT2D eigenvalue weighted by Gasteiger charge is 2.18. The summed E-state index contributed by atoms with van der Waals surface area (Å²) >= 11 is 1.76. The number of likely N-dealkylation sites (N-methyl/N-ethyl adjacent to an activating group) is 1. The Morgan fingerprint density at radius 2 is 1.73 bits per heavy atom. The van der Waals surface area contributed by atoms with Crippen molar-refractivity contribution in [2.24, 2.45) is 0 Å². The van der Waals surface area contributed by atoms with Crippen LogP contribution in [0, 0.1) is 0 Å². The molecule has 2 aromatic rings. The van der Waals surface area contributed by atoms with Crippen molar-refractivity contribution in [2.45, 2.75) is 18.9 Å². The first-order valence-electron chi connectivity index (χ1n) is 8.87. The second kappa shape index (κ2) is 10.00. The summed E-state index contributed by atoms with van der Waals surface area (Å²) in [5.74, 6) is 3.67. The van der Waals surface area contributed by atoms with E-state index in [0.717, 1.165) is 66.5 Å². The van der Waals surface area contributed by atoms with Crippen LogP contribution >= 0.6 is 24.2 Å². The maximum atomic E-state index is 5.25. The standard InChI is InChI=1S/C19H26N4OS.ClH/c1-4-22-10-12-23(13-11-22)17-14-18(25-5-2)21-19(20-17)15-6-8-16(24-3)9-7-15;/h6-9,14H,4-5,10-13H2,1-3H3;1H. The summed E-state index contributed by atoms with van der Waals surface area (Å²) in [5.41, 5.74) is 1.02. The summed E-state index contributed by atoms with van der Waals surface area (Å²) in [6.07, 6.45) is 0. The topological polar surface area (TPSA) is 41.5 Å². The van der Waals surface area contributed by atoms with E-state index in [1.807, 2.05) is 24.3 Å². The van der Waals surface area contributed by atoms with Gasteiger partial charge in [-0.3, -0.25) is 0 Å². The Labute approximate surface area is 166 Å². The number of nitrogens with zero attached hydrogens (tertiary/aromatic N) is 4. The van der Waals surface area contributed by atoms with Crippen molar-refractivity contribution in [1.82, 2.24) is 14.9 Å². The monoisotopic (exact) mass is 394 g/mol. The van der Waals surface area contributed by atoms with Gasteiger partial charge in [0, 0.05) is 37.8 Å². The Bertz CT molecular complexity index is 690. The van der Waals surface area contributed by atoms with Gasteiger partial charge >= 0.3 is 0 Å². The minimum absolute atomic E-state index is 0. The summed E-state index contributed by atoms with van der Waals surface area (Å²) in [6.45, 7) is 9.71. The Morgan fingerprint density at radius 3 is 2.31 bits per heavy atom. The van der Waals surface area contributed by atoms with Gasteiger partial charge in [0.15, 0.2) is 5.82 Å². The van der Waals surface area contributed by atoms with Crippen molar-refractivity contribution in [3.63, 3.8) is 0 Å². The minimum Gasteiger partial charge on any atom is -0.497 e. The normalized spacial score (nSPS) is 14.8. The van der Waals surface area contributed by atoms with Gasteiger partial charge in [0.1, 0.15) is 16.6 Å². The molecule has 0 amide bonds. The molecule has 0 unspecified atom stereocenters. The van der Waals surface area contributed by atoms with E-state index in [-0.39, 0.29) is 12.4 Å². The molecular formula is C19H27ClN4OS. The van der Waals surface area contributed by atoms with Gasteiger partial charge in [0.25, 0.3) is 0 Å². The van der Waals surface area contributed by atoms with Gasteiger partial charge in [-0.15, -0.1) is 24.2 Å². The zero-order valence-corrected chi connectivity index (χ0v) is 17.3. The fraction of sp³-hybridized carbons (Fsp3) is 0.474. The molecule has 5 nitrogen and oxygen atoms in total. The molecule has 1 aromatic heterocycles. The van der Waals surface area contributed by atoms with E-state index >= 15 is 0 Å². The summed E-state index contributed by atoms with van der Waals surface area (Å²) in [7, 11) is 1.68. The molecule has 0 aliphatic carbocycles. The first-order valence-corrected chi connectivity index (χ1v) is 9.85. The minimum atomic E-state index is 0. The molecule has 142 valence electrons. The Morgan fingerprint density at radius 1 is 1.04 bits per heavy atom. The van der Waals surface area contributed by atoms with Crippen molar-refractivity contribution in [3.05, 3.63) is 30.3 Å². The van der Waals surface area contributed by atoms with Crippen LogP contribution in [0.5, 0.6) is 5.75 Å². The van der Waals surface area contributed by atoms with Crippen LogP contribution in [0.15, 0.2) is 35.4 Å². The molecule has 2 heterocycles. The van der Waals surface area contributed by atoms with Crippen molar-refractivity contribution >= 4 is 30.0 Å². The highest BCUT2D eigenvalue weighted by atomic mass is 35.5. The molecular weight excluding hydrogens is 368 g/mol. The fourth-order valence-corrected chi connectivity index (χ4v) is 3.59. The van der Waals surface area contributed by atoms with Crippen LogP contribution in [0.3, 0.4) is 0 Å². The first kappa shape index (κ1) is 20.8. The van der Waals surface area contributed by atoms with Gasteiger partial charge in [-0.2, -0.15) is 0 Å². The Balaban J connectivity index is 0.00000243. The third kappa shape index (κ3) is 5.02. The number of aromatic nitrogens is 2. The molecule has 0 N–H and O–H groups in total. The number of benzene rings is 1. The Hall–Kier alpha value is -1.50. The van der Waals surface area contributed by atoms with E-state index in [1.165, 1.54) is 0 Å². The zero-order valence-electron chi connectivity index (χ0n) is 15.6. The molecule has 7 heteroatoms. The molecule has 0 radical (unpaired) electrons. The highest BCUT2D eigenvalue weighted by Crippen LogP contribution is 2.27. The Kier molecular flexibility index (Phi) is 8.00. The molecule has 0 saturated carbocycles. The number of thioether (sulfide) groups is 1. The number of ether oxygens (including phenoxy) is 1. The quantitative estimate of drug-likeness (QED) is 0.548. The molecule has 0 spiro atoms. The van der Waals surface area contributed by atoms with E-state index in [1.54, 1.807) is 18.9 Å². The lowest BCUT2D eigenvalue weighted by Crippen LogP contribution is -2.46. The third-order valence-corrected chi connectivity index (χ3v) is 5.27. The molecule has 3 rings (SSSR count). The number of hydrogen-bond donors (Lipinski definition) is 0. The van der Waals surface area contributed by atoms with Crippen LogP contribution in [0.4, 0.5) is 5.82 Å². The van der Waals surface area contributed by atoms with Crippen LogP contribution in [0.2, 0.25) is 0 Å². The molecule has 1 aromatic carbocycles. The van der Waals surface area contributed by atoms with E-state index in [4.69, 9.17) is 14.7 Å². The highest BCUT2D eigenvalue weighted by molar-refractivity contribution is 7.99. The zero-order chi connectivity index (χ0) is 17.6. The second-order valence-corrected chi connectivity index (χ2v) is 7.26. The van der Waals surface area contributed by atoms with E-state index in [0.29, 0.717) is 0 Å². The average molecular weight is 395 g/mol. The smallest absolute Gasteiger partial charge is 0.162 e. The van der Waals surface area contributed by atoms with Crippen molar-refractivity contribution in [2.75, 3.05) is 50.5 Å². The number of halogens is 1. The summed E-state index contributed by atoms with van der Waals surface area (Å²) in [4.78, 5) is 14.5. The molecule has 0 atom stereocenters. The maximum Gasteiger partial charge on any atom is 0.162 e. The van der Waals surface area contributed by atoms with Crippen molar-refractivity contribution < 1.29 is 4.74 Å². The van der Waals surface area contributed by atoms with E-state index in [9.17, 15) is 0 Å². The van der Waals surface area contributed by atoms with Crippen molar-refractivity contribution in [1.29, 1.82) is 0 Å². The summed E-state index contributed by atoms with van der Waals surface area (Å²) < 4.78 is 5.25. The van der Waals surface area contributed by atoms with Crippen LogP contribution in [-0.4, -0.2) is 60.5 Å². The van der Waals surface area contributed by atoms with Crippen molar-refractivity contribution in [3.8, 4) is 17.1 Å². The van der Waals surface area contributed by atoms with Gasteiger partial charge in [-0.1, -0.05) is 13.8 Å². The van der Waals surface area contributed by atoms with E-state index < -0.39 is 0 Å². The number of rotatable bonds is 6. The van der Waals surface area contributed by atoms with Crippen LogP contribution in [0.1, 0.15) is 13.8 Å². The fourth-order valence-electron chi connectivity index (χ4n) is 2.96. The third-order valence-electron chi connectivity index (χ3n) is 4.47. The predicted octanol–water partition coefficient (Wildman–Crippen LogP) is 3.83. The largest absolute Gasteiger partial charge is 0.497 e. The molecule has 1 aliphatic rings. The lowest BCUT2D eigenvalue weighted by molar-refractivity contribution is 0.270. The lowest BCUT2D eigenvalue weighted by atomic mass is 10.2. The SMILES string of the molecule is CCSc1cc(N2CCN(CC)CC2)nc(-c2ccc(OC)cc2)n1.Cl. The van der Waals surface area contributed by atoms with E-state index in [2.05, 4.69) is 29.7 Å². The second-order valence-electron chi connectivity index (χ2n) is 5.97. The molecule has 26 heavy (non-hydrogen) atoms. The van der Waals surface area contributed by atoms with Gasteiger partial charge in [-0.25, -0.2) is 9.97 Å². The first-order chi connectivity index (χ1) is 12.2. The summed E-state index contributed by atoms with van der Waals surface area (Å²) in [5, 5.41) is 1.04. The summed E-state index contributed by atoms with van der Waals surface area (Å²) in [6, 6.07) is 10.1. The maximum absolute atomic E-state index is 5.25. The van der Waals surface area contributed by atoms with Crippen LogP contribution < -0.4 is 9.64 Å². The molecule has 1 saturated heterocycles.